The molecule has 0 saturated carbocycles. The van der Waals surface area contributed by atoms with E-state index in [0.717, 1.165) is 0 Å². The van der Waals surface area contributed by atoms with Gasteiger partial charge in [0.05, 0.1) is 11.4 Å². The molecule has 4 rings (SSSR count). The predicted octanol–water partition coefficient (Wildman–Crippen LogP) is 1.78. The van der Waals surface area contributed by atoms with Gasteiger partial charge in [0.2, 0.25) is 12.7 Å². The monoisotopic (exact) mass is 341 g/mol. The van der Waals surface area contributed by atoms with Gasteiger partial charge in [-0.3, -0.25) is 9.59 Å². The van der Waals surface area contributed by atoms with E-state index in [1.54, 1.807) is 18.2 Å². The number of hydrogen-bond donors (Lipinski definition) is 3. The zero-order chi connectivity index (χ0) is 17.4. The molecule has 25 heavy (non-hydrogen) atoms. The van der Waals surface area contributed by atoms with Gasteiger partial charge < -0.3 is 25.4 Å². The number of nitrogens with one attached hydrogen (secondary N) is 3. The molecule has 3 N–H and O–H groups in total. The summed E-state index contributed by atoms with van der Waals surface area (Å²) >= 11 is 0. The first-order chi connectivity index (χ1) is 12.1. The Balaban J connectivity index is 1.60. The van der Waals surface area contributed by atoms with Crippen molar-refractivity contribution >= 4 is 17.5 Å². The minimum Gasteiger partial charge on any atom is -0.454 e. The van der Waals surface area contributed by atoms with Crippen molar-refractivity contribution in [1.82, 2.24) is 10.6 Å². The molecule has 0 aromatic heterocycles. The van der Waals surface area contributed by atoms with Crippen LogP contribution < -0.4 is 25.4 Å². The number of carbonyl (C=O) groups is 2. The number of allylic oxidation sites excluding steroid dienone is 1. The molecule has 1 atom stereocenters. The summed E-state index contributed by atoms with van der Waals surface area (Å²) < 4.78 is 10.6. The largest absolute Gasteiger partial charge is 0.454 e. The molecular formula is C18H19N3O4. The van der Waals surface area contributed by atoms with Gasteiger partial charge in [0, 0.05) is 29.8 Å². The summed E-state index contributed by atoms with van der Waals surface area (Å²) in [6.07, 6.45) is 3.65. The van der Waals surface area contributed by atoms with Crippen molar-refractivity contribution in [3.8, 4) is 11.5 Å². The van der Waals surface area contributed by atoms with Crippen LogP contribution >= 0.6 is 0 Å². The lowest BCUT2D eigenvalue weighted by Gasteiger charge is -2.22. The van der Waals surface area contributed by atoms with E-state index in [9.17, 15) is 9.59 Å². The first-order valence-corrected chi connectivity index (χ1v) is 8.31. The molecule has 1 aliphatic carbocycles. The molecule has 0 radical (unpaired) electrons. The van der Waals surface area contributed by atoms with Gasteiger partial charge in [-0.05, 0) is 31.9 Å². The number of hydrogen-bond acceptors (Lipinski definition) is 5. The Morgan fingerprint density at radius 3 is 3.00 bits per heavy atom. The van der Waals surface area contributed by atoms with E-state index in [1.807, 2.05) is 13.0 Å². The highest BCUT2D eigenvalue weighted by Gasteiger charge is 2.27. The maximum absolute atomic E-state index is 12.8. The van der Waals surface area contributed by atoms with E-state index in [2.05, 4.69) is 16.0 Å². The molecule has 2 aliphatic heterocycles. The lowest BCUT2D eigenvalue weighted by molar-refractivity contribution is -0.120. The fraction of sp³-hybridized carbons (Fsp3) is 0.333. The van der Waals surface area contributed by atoms with E-state index in [4.69, 9.17) is 9.47 Å². The minimum absolute atomic E-state index is 0.0349. The summed E-state index contributed by atoms with van der Waals surface area (Å²) in [5, 5.41) is 9.08. The molecular weight excluding hydrogens is 322 g/mol. The summed E-state index contributed by atoms with van der Waals surface area (Å²) in [7, 11) is 0. The van der Waals surface area contributed by atoms with Crippen LogP contribution in [0.3, 0.4) is 0 Å². The van der Waals surface area contributed by atoms with Crippen molar-refractivity contribution in [3.63, 3.8) is 0 Å². The van der Waals surface area contributed by atoms with Gasteiger partial charge in [0.25, 0.3) is 5.91 Å². The lowest BCUT2D eigenvalue weighted by Crippen LogP contribution is -2.30. The van der Waals surface area contributed by atoms with Crippen molar-refractivity contribution in [2.45, 2.75) is 32.2 Å². The van der Waals surface area contributed by atoms with E-state index < -0.39 is 0 Å². The van der Waals surface area contributed by atoms with Crippen LogP contribution in [0.4, 0.5) is 5.69 Å². The summed E-state index contributed by atoms with van der Waals surface area (Å²) in [4.78, 5) is 24.7. The Hall–Kier alpha value is -2.96. The molecule has 7 nitrogen and oxygen atoms in total. The molecule has 2 heterocycles. The second-order valence-corrected chi connectivity index (χ2v) is 6.33. The number of anilines is 1. The van der Waals surface area contributed by atoms with E-state index in [1.165, 1.54) is 0 Å². The van der Waals surface area contributed by atoms with Crippen molar-refractivity contribution in [2.24, 2.45) is 0 Å². The van der Waals surface area contributed by atoms with Crippen LogP contribution in [0.1, 0.15) is 26.2 Å². The zero-order valence-corrected chi connectivity index (χ0v) is 13.8. The molecule has 1 unspecified atom stereocenters. The first kappa shape index (κ1) is 15.6. The highest BCUT2D eigenvalue weighted by molar-refractivity contribution is 6.05. The SMILES string of the molecule is CC1CC(=O)NC2=CCCC(C(=O)Nc3ccc4c(c3)OCO4)=C2N1. The number of ether oxygens (including phenoxy) is 2. The second kappa shape index (κ2) is 6.16. The van der Waals surface area contributed by atoms with Crippen LogP contribution in [-0.4, -0.2) is 24.6 Å². The maximum atomic E-state index is 12.8. The summed E-state index contributed by atoms with van der Waals surface area (Å²) in [6.45, 7) is 2.12. The van der Waals surface area contributed by atoms with Crippen LogP contribution in [-0.2, 0) is 9.59 Å². The molecule has 0 spiro atoms. The van der Waals surface area contributed by atoms with Crippen molar-refractivity contribution in [2.75, 3.05) is 12.1 Å². The minimum atomic E-state index is -0.185. The molecule has 0 bridgehead atoms. The van der Waals surface area contributed by atoms with Crippen LogP contribution in [0.15, 0.2) is 41.2 Å². The van der Waals surface area contributed by atoms with Crippen molar-refractivity contribution in [1.29, 1.82) is 0 Å². The van der Waals surface area contributed by atoms with E-state index in [0.29, 0.717) is 53.4 Å². The molecule has 7 heteroatoms. The van der Waals surface area contributed by atoms with E-state index in [-0.39, 0.29) is 24.6 Å². The molecule has 2 amide bonds. The van der Waals surface area contributed by atoms with Gasteiger partial charge in [-0.2, -0.15) is 0 Å². The molecule has 1 saturated heterocycles. The Bertz CT molecular complexity index is 813. The third kappa shape index (κ3) is 3.05. The predicted molar refractivity (Wildman–Crippen MR) is 90.9 cm³/mol. The molecule has 3 aliphatic rings. The highest BCUT2D eigenvalue weighted by Crippen LogP contribution is 2.34. The third-order valence-electron chi connectivity index (χ3n) is 4.37. The Morgan fingerprint density at radius 2 is 2.12 bits per heavy atom. The summed E-state index contributed by atoms with van der Waals surface area (Å²) in [6, 6.07) is 5.26. The normalized spacial score (nSPS) is 21.6. The van der Waals surface area contributed by atoms with Crippen LogP contribution in [0, 0.1) is 0 Å². The van der Waals surface area contributed by atoms with Gasteiger partial charge in [0.15, 0.2) is 11.5 Å². The Morgan fingerprint density at radius 1 is 1.28 bits per heavy atom. The Labute approximate surface area is 145 Å². The third-order valence-corrected chi connectivity index (χ3v) is 4.37. The fourth-order valence-corrected chi connectivity index (χ4v) is 3.21. The number of benzene rings is 1. The van der Waals surface area contributed by atoms with Crippen molar-refractivity contribution in [3.05, 3.63) is 41.2 Å². The average molecular weight is 341 g/mol. The summed E-state index contributed by atoms with van der Waals surface area (Å²) in [5.74, 6) is 1.06. The van der Waals surface area contributed by atoms with Crippen molar-refractivity contribution < 1.29 is 19.1 Å². The Kier molecular flexibility index (Phi) is 3.83. The zero-order valence-electron chi connectivity index (χ0n) is 13.8. The number of carbonyl (C=O) groups excluding carboxylic acids is 2. The topological polar surface area (TPSA) is 88.7 Å². The molecule has 130 valence electrons. The van der Waals surface area contributed by atoms with Crippen LogP contribution in [0.2, 0.25) is 0 Å². The first-order valence-electron chi connectivity index (χ1n) is 8.31. The number of rotatable bonds is 2. The van der Waals surface area contributed by atoms with Gasteiger partial charge in [-0.25, -0.2) is 0 Å². The lowest BCUT2D eigenvalue weighted by atomic mass is 9.98. The van der Waals surface area contributed by atoms with E-state index >= 15 is 0 Å². The second-order valence-electron chi connectivity index (χ2n) is 6.33. The molecule has 1 aromatic carbocycles. The standard InChI is InChI=1S/C18H19N3O4/c1-10-7-16(22)21-13-4-2-3-12(17(13)19-10)18(23)20-11-5-6-14-15(8-11)25-9-24-14/h4-6,8,10,19H,2-3,7,9H2,1H3,(H,20,23)(H,21,22). The quantitative estimate of drug-likeness (QED) is 0.763. The van der Waals surface area contributed by atoms with Gasteiger partial charge in [-0.1, -0.05) is 6.08 Å². The smallest absolute Gasteiger partial charge is 0.253 e. The van der Waals surface area contributed by atoms with Gasteiger partial charge >= 0.3 is 0 Å². The fourth-order valence-electron chi connectivity index (χ4n) is 3.21. The van der Waals surface area contributed by atoms with Crippen LogP contribution in [0.5, 0.6) is 11.5 Å². The average Bonchev–Trinajstić information content (AvgIpc) is 2.97. The number of amides is 2. The number of fused-ring (bicyclic) bond motifs is 2. The van der Waals surface area contributed by atoms with Gasteiger partial charge in [-0.15, -0.1) is 0 Å². The summed E-state index contributed by atoms with van der Waals surface area (Å²) in [5.41, 5.74) is 2.69. The van der Waals surface area contributed by atoms with Crippen LogP contribution in [0.25, 0.3) is 0 Å². The van der Waals surface area contributed by atoms with Gasteiger partial charge in [0.1, 0.15) is 0 Å². The molecule has 1 aromatic rings. The molecule has 1 fully saturated rings. The highest BCUT2D eigenvalue weighted by atomic mass is 16.7. The maximum Gasteiger partial charge on any atom is 0.253 e.